The molecule has 1 saturated heterocycles. The van der Waals surface area contributed by atoms with E-state index in [1.165, 1.54) is 0 Å². The molecule has 1 rings (SSSR count). The van der Waals surface area contributed by atoms with Crippen LogP contribution >= 0.6 is 11.8 Å². The first-order valence-electron chi connectivity index (χ1n) is 4.67. The Bertz CT molecular complexity index is 208. The van der Waals surface area contributed by atoms with E-state index >= 15 is 0 Å². The SMILES string of the molecule is CC(C)(C)OCC1(C#N)CCCS1. The minimum absolute atomic E-state index is 0.132. The summed E-state index contributed by atoms with van der Waals surface area (Å²) >= 11 is 1.74. The molecular weight excluding hydrogens is 182 g/mol. The zero-order valence-corrected chi connectivity index (χ0v) is 9.41. The molecule has 1 aliphatic heterocycles. The lowest BCUT2D eigenvalue weighted by molar-refractivity contribution is -0.00903. The molecule has 0 aromatic carbocycles. The summed E-state index contributed by atoms with van der Waals surface area (Å²) in [6, 6.07) is 2.39. The molecule has 0 aromatic rings. The Balaban J connectivity index is 2.46. The number of nitrogens with zero attached hydrogens (tertiary/aromatic N) is 1. The Kier molecular flexibility index (Phi) is 3.26. The van der Waals surface area contributed by atoms with Crippen molar-refractivity contribution >= 4 is 11.8 Å². The van der Waals surface area contributed by atoms with Crippen molar-refractivity contribution in [3.05, 3.63) is 0 Å². The number of hydrogen-bond acceptors (Lipinski definition) is 3. The highest BCUT2D eigenvalue weighted by Gasteiger charge is 2.36. The molecule has 1 unspecified atom stereocenters. The third kappa shape index (κ3) is 3.21. The Hall–Kier alpha value is -0.200. The fourth-order valence-corrected chi connectivity index (χ4v) is 2.44. The van der Waals surface area contributed by atoms with E-state index in [2.05, 4.69) is 6.07 Å². The lowest BCUT2D eigenvalue weighted by Gasteiger charge is -2.26. The van der Waals surface area contributed by atoms with Crippen LogP contribution in [0.5, 0.6) is 0 Å². The minimum atomic E-state index is -0.257. The molecule has 3 heteroatoms. The minimum Gasteiger partial charge on any atom is -0.373 e. The molecule has 1 atom stereocenters. The number of ether oxygens (including phenoxy) is 1. The van der Waals surface area contributed by atoms with Crippen molar-refractivity contribution in [1.29, 1.82) is 5.26 Å². The van der Waals surface area contributed by atoms with Crippen LogP contribution in [0.25, 0.3) is 0 Å². The summed E-state index contributed by atoms with van der Waals surface area (Å²) in [5.41, 5.74) is -0.132. The molecule has 0 spiro atoms. The fourth-order valence-electron chi connectivity index (χ4n) is 1.26. The second-order valence-corrected chi connectivity index (χ2v) is 5.94. The van der Waals surface area contributed by atoms with Gasteiger partial charge in [0.2, 0.25) is 0 Å². The van der Waals surface area contributed by atoms with Gasteiger partial charge in [-0.1, -0.05) is 0 Å². The highest BCUT2D eigenvalue weighted by molar-refractivity contribution is 8.01. The Morgan fingerprint density at radius 2 is 2.23 bits per heavy atom. The van der Waals surface area contributed by atoms with E-state index in [-0.39, 0.29) is 10.3 Å². The van der Waals surface area contributed by atoms with E-state index in [1.54, 1.807) is 11.8 Å². The first-order chi connectivity index (χ1) is 5.97. The maximum absolute atomic E-state index is 9.06. The highest BCUT2D eigenvalue weighted by Crippen LogP contribution is 2.38. The van der Waals surface area contributed by atoms with Crippen LogP contribution in [-0.2, 0) is 4.74 Å². The zero-order valence-electron chi connectivity index (χ0n) is 8.59. The first kappa shape index (κ1) is 10.9. The topological polar surface area (TPSA) is 33.0 Å². The summed E-state index contributed by atoms with van der Waals surface area (Å²) in [6.07, 6.45) is 2.12. The van der Waals surface area contributed by atoms with Crippen LogP contribution in [0, 0.1) is 11.3 Å². The number of nitriles is 1. The molecule has 0 radical (unpaired) electrons. The summed E-state index contributed by atoms with van der Waals surface area (Å²) in [4.78, 5) is 0. The van der Waals surface area contributed by atoms with Gasteiger partial charge in [0.05, 0.1) is 18.3 Å². The maximum Gasteiger partial charge on any atom is 0.126 e. The van der Waals surface area contributed by atoms with Crippen LogP contribution in [0.4, 0.5) is 0 Å². The second kappa shape index (κ2) is 3.89. The van der Waals surface area contributed by atoms with Crippen molar-refractivity contribution in [2.24, 2.45) is 0 Å². The van der Waals surface area contributed by atoms with Gasteiger partial charge in [0.25, 0.3) is 0 Å². The molecule has 0 aliphatic carbocycles. The van der Waals surface area contributed by atoms with E-state index in [9.17, 15) is 0 Å². The van der Waals surface area contributed by atoms with Gasteiger partial charge in [-0.25, -0.2) is 0 Å². The number of thioether (sulfide) groups is 1. The van der Waals surface area contributed by atoms with Gasteiger partial charge in [0, 0.05) is 0 Å². The zero-order chi connectivity index (χ0) is 9.95. The highest BCUT2D eigenvalue weighted by atomic mass is 32.2. The summed E-state index contributed by atoms with van der Waals surface area (Å²) in [6.45, 7) is 6.64. The van der Waals surface area contributed by atoms with Crippen LogP contribution in [0.15, 0.2) is 0 Å². The molecule has 1 fully saturated rings. The largest absolute Gasteiger partial charge is 0.373 e. The smallest absolute Gasteiger partial charge is 0.126 e. The predicted molar refractivity (Wildman–Crippen MR) is 55.7 cm³/mol. The van der Waals surface area contributed by atoms with Crippen molar-refractivity contribution in [3.8, 4) is 6.07 Å². The van der Waals surface area contributed by atoms with Gasteiger partial charge in [-0.3, -0.25) is 0 Å². The molecular formula is C10H17NOS. The van der Waals surface area contributed by atoms with E-state index in [0.29, 0.717) is 6.61 Å². The first-order valence-corrected chi connectivity index (χ1v) is 5.65. The van der Waals surface area contributed by atoms with Crippen molar-refractivity contribution < 1.29 is 4.74 Å². The summed E-state index contributed by atoms with van der Waals surface area (Å²) in [5, 5.41) is 9.06. The Morgan fingerprint density at radius 1 is 1.54 bits per heavy atom. The van der Waals surface area contributed by atoms with E-state index in [1.807, 2.05) is 20.8 Å². The van der Waals surface area contributed by atoms with Crippen molar-refractivity contribution in [2.45, 2.75) is 44.0 Å². The predicted octanol–water partition coefficient (Wildman–Crippen LogP) is 2.59. The van der Waals surface area contributed by atoms with Gasteiger partial charge in [0.15, 0.2) is 0 Å². The van der Waals surface area contributed by atoms with Crippen LogP contribution in [-0.4, -0.2) is 22.7 Å². The van der Waals surface area contributed by atoms with Gasteiger partial charge in [-0.2, -0.15) is 5.26 Å². The monoisotopic (exact) mass is 199 g/mol. The summed E-state index contributed by atoms with van der Waals surface area (Å²) in [5.74, 6) is 1.10. The van der Waals surface area contributed by atoms with Crippen LogP contribution in [0.1, 0.15) is 33.6 Å². The Labute approximate surface area is 84.6 Å². The van der Waals surface area contributed by atoms with Gasteiger partial charge in [-0.05, 0) is 39.4 Å². The third-order valence-corrected chi connectivity index (χ3v) is 3.50. The molecule has 0 amide bonds. The lowest BCUT2D eigenvalue weighted by Crippen LogP contribution is -2.32. The average Bonchev–Trinajstić information content (AvgIpc) is 2.49. The molecule has 1 heterocycles. The van der Waals surface area contributed by atoms with Crippen LogP contribution in [0.2, 0.25) is 0 Å². The van der Waals surface area contributed by atoms with E-state index < -0.39 is 0 Å². The average molecular weight is 199 g/mol. The van der Waals surface area contributed by atoms with Crippen molar-refractivity contribution in [3.63, 3.8) is 0 Å². The van der Waals surface area contributed by atoms with Crippen LogP contribution < -0.4 is 0 Å². The molecule has 0 N–H and O–H groups in total. The van der Waals surface area contributed by atoms with Gasteiger partial charge in [0.1, 0.15) is 4.75 Å². The van der Waals surface area contributed by atoms with Crippen molar-refractivity contribution in [2.75, 3.05) is 12.4 Å². The number of rotatable bonds is 2. The molecule has 74 valence electrons. The van der Waals surface area contributed by atoms with E-state index in [0.717, 1.165) is 18.6 Å². The molecule has 0 aromatic heterocycles. The molecule has 0 saturated carbocycles. The standard InChI is InChI=1S/C10H17NOS/c1-9(2,3)12-8-10(7-11)5-4-6-13-10/h4-6,8H2,1-3H3. The van der Waals surface area contributed by atoms with Crippen LogP contribution in [0.3, 0.4) is 0 Å². The third-order valence-electron chi connectivity index (χ3n) is 2.05. The quantitative estimate of drug-likeness (QED) is 0.685. The number of hydrogen-bond donors (Lipinski definition) is 0. The normalized spacial score (nSPS) is 28.8. The Morgan fingerprint density at radius 3 is 2.62 bits per heavy atom. The van der Waals surface area contributed by atoms with Crippen molar-refractivity contribution in [1.82, 2.24) is 0 Å². The maximum atomic E-state index is 9.06. The molecule has 1 aliphatic rings. The molecule has 0 bridgehead atoms. The van der Waals surface area contributed by atoms with E-state index in [4.69, 9.17) is 10.00 Å². The van der Waals surface area contributed by atoms with Gasteiger partial charge >= 0.3 is 0 Å². The molecule has 2 nitrogen and oxygen atoms in total. The second-order valence-electron chi connectivity index (χ2n) is 4.46. The van der Waals surface area contributed by atoms with Gasteiger partial charge in [-0.15, -0.1) is 11.8 Å². The lowest BCUT2D eigenvalue weighted by atomic mass is 10.1. The fraction of sp³-hybridized carbons (Fsp3) is 0.900. The molecule has 13 heavy (non-hydrogen) atoms. The summed E-state index contributed by atoms with van der Waals surface area (Å²) in [7, 11) is 0. The van der Waals surface area contributed by atoms with Gasteiger partial charge < -0.3 is 4.74 Å². The summed E-state index contributed by atoms with van der Waals surface area (Å²) < 4.78 is 5.41.